The Morgan fingerprint density at radius 2 is 2.36 bits per heavy atom. The van der Waals surface area contributed by atoms with Crippen LogP contribution in [-0.4, -0.2) is 11.6 Å². The molecule has 2 unspecified atom stereocenters. The molecule has 0 aromatic rings. The summed E-state index contributed by atoms with van der Waals surface area (Å²) in [7, 11) is 0. The highest BCUT2D eigenvalue weighted by Gasteiger charge is 2.19. The van der Waals surface area contributed by atoms with Crippen LogP contribution >= 0.6 is 0 Å². The van der Waals surface area contributed by atoms with Crippen LogP contribution in [-0.2, 0) is 9.59 Å². The number of hydrogen-bond donors (Lipinski definition) is 0. The van der Waals surface area contributed by atoms with Gasteiger partial charge in [-0.15, -0.1) is 0 Å². The summed E-state index contributed by atoms with van der Waals surface area (Å²) in [5.41, 5.74) is 0. The molecule has 0 fully saturated rings. The highest BCUT2D eigenvalue weighted by Crippen LogP contribution is 2.26. The van der Waals surface area contributed by atoms with Gasteiger partial charge in [-0.05, 0) is 37.7 Å². The first-order valence-electron chi connectivity index (χ1n) is 5.30. The Labute approximate surface area is 85.4 Å². The molecule has 0 radical (unpaired) electrons. The Balaban J connectivity index is 2.37. The third-order valence-corrected chi connectivity index (χ3v) is 2.94. The zero-order valence-electron chi connectivity index (χ0n) is 8.95. The number of ketones is 2. The van der Waals surface area contributed by atoms with Gasteiger partial charge in [-0.25, -0.2) is 0 Å². The lowest BCUT2D eigenvalue weighted by atomic mass is 9.82. The molecule has 14 heavy (non-hydrogen) atoms. The first-order chi connectivity index (χ1) is 6.59. The molecule has 2 nitrogen and oxygen atoms in total. The van der Waals surface area contributed by atoms with Crippen molar-refractivity contribution in [3.63, 3.8) is 0 Å². The Morgan fingerprint density at radius 1 is 1.64 bits per heavy atom. The van der Waals surface area contributed by atoms with Gasteiger partial charge in [0, 0.05) is 12.8 Å². The molecule has 78 valence electrons. The summed E-state index contributed by atoms with van der Waals surface area (Å²) in [6, 6.07) is 0. The monoisotopic (exact) mass is 194 g/mol. The Bertz CT molecular complexity index is 253. The van der Waals surface area contributed by atoms with E-state index in [2.05, 4.69) is 6.92 Å². The lowest BCUT2D eigenvalue weighted by Crippen LogP contribution is -2.15. The summed E-state index contributed by atoms with van der Waals surface area (Å²) in [5.74, 6) is 1.50. The molecular formula is C12H18O2. The van der Waals surface area contributed by atoms with Gasteiger partial charge in [0.1, 0.15) is 5.78 Å². The molecule has 2 atom stereocenters. The van der Waals surface area contributed by atoms with Crippen LogP contribution in [0.25, 0.3) is 0 Å². The topological polar surface area (TPSA) is 34.1 Å². The second-order valence-corrected chi connectivity index (χ2v) is 4.25. The number of Topliss-reactive ketones (excluding diaryl/α,β-unsaturated/α-hetero) is 1. The maximum absolute atomic E-state index is 11.0. The van der Waals surface area contributed by atoms with Crippen molar-refractivity contribution in [3.8, 4) is 0 Å². The van der Waals surface area contributed by atoms with Gasteiger partial charge in [-0.3, -0.25) is 4.79 Å². The molecular weight excluding hydrogens is 176 g/mol. The van der Waals surface area contributed by atoms with E-state index < -0.39 is 0 Å². The average Bonchev–Trinajstić information content (AvgIpc) is 2.15. The molecule has 0 amide bonds. The summed E-state index contributed by atoms with van der Waals surface area (Å²) in [4.78, 5) is 21.8. The van der Waals surface area contributed by atoms with Crippen LogP contribution in [0.2, 0.25) is 0 Å². The van der Waals surface area contributed by atoms with Crippen LogP contribution in [0.5, 0.6) is 0 Å². The normalized spacial score (nSPS) is 23.6. The van der Waals surface area contributed by atoms with Crippen molar-refractivity contribution in [2.75, 3.05) is 0 Å². The fourth-order valence-corrected chi connectivity index (χ4v) is 1.84. The third kappa shape index (κ3) is 3.44. The van der Waals surface area contributed by atoms with Gasteiger partial charge in [0.05, 0.1) is 0 Å². The molecule has 0 saturated heterocycles. The summed E-state index contributed by atoms with van der Waals surface area (Å²) in [6.45, 7) is 3.79. The van der Waals surface area contributed by atoms with Crippen LogP contribution in [0, 0.1) is 11.8 Å². The van der Waals surface area contributed by atoms with Crippen LogP contribution < -0.4 is 0 Å². The minimum Gasteiger partial charge on any atom is -0.300 e. The van der Waals surface area contributed by atoms with E-state index in [-0.39, 0.29) is 11.6 Å². The van der Waals surface area contributed by atoms with E-state index >= 15 is 0 Å². The maximum atomic E-state index is 11.0. The first-order valence-corrected chi connectivity index (χ1v) is 5.30. The summed E-state index contributed by atoms with van der Waals surface area (Å²) in [6.07, 6.45) is 6.94. The molecule has 0 N–H and O–H groups in total. The minimum absolute atomic E-state index is 0.236. The highest BCUT2D eigenvalue weighted by atomic mass is 16.1. The molecule has 0 heterocycles. The molecule has 1 rings (SSSR count). The van der Waals surface area contributed by atoms with Crippen LogP contribution in [0.3, 0.4) is 0 Å². The molecule has 0 aromatic heterocycles. The molecule has 0 bridgehead atoms. The van der Waals surface area contributed by atoms with E-state index in [0.29, 0.717) is 24.7 Å². The molecule has 0 spiro atoms. The predicted molar refractivity (Wildman–Crippen MR) is 56.0 cm³/mol. The van der Waals surface area contributed by atoms with Gasteiger partial charge in [-0.1, -0.05) is 13.0 Å². The number of rotatable bonds is 4. The van der Waals surface area contributed by atoms with Crippen molar-refractivity contribution in [2.45, 2.75) is 39.5 Å². The molecule has 0 aromatic carbocycles. The standard InChI is InChI=1S/C12H18O2/c1-9(3-4-10(2)13)11-5-7-12(14)8-6-11/h5,7,9,11H,3-4,6,8H2,1-2H3. The largest absolute Gasteiger partial charge is 0.300 e. The fourth-order valence-electron chi connectivity index (χ4n) is 1.84. The zero-order valence-corrected chi connectivity index (χ0v) is 8.95. The van der Waals surface area contributed by atoms with E-state index in [1.165, 1.54) is 0 Å². The molecule has 2 heteroatoms. The Morgan fingerprint density at radius 3 is 2.86 bits per heavy atom. The van der Waals surface area contributed by atoms with Crippen molar-refractivity contribution < 1.29 is 9.59 Å². The van der Waals surface area contributed by atoms with Crippen LogP contribution in [0.4, 0.5) is 0 Å². The second kappa shape index (κ2) is 5.08. The number of hydrogen-bond acceptors (Lipinski definition) is 2. The number of carbonyl (C=O) groups is 2. The number of allylic oxidation sites excluding steroid dienone is 2. The van der Waals surface area contributed by atoms with Crippen molar-refractivity contribution in [3.05, 3.63) is 12.2 Å². The van der Waals surface area contributed by atoms with E-state index in [9.17, 15) is 9.59 Å². The smallest absolute Gasteiger partial charge is 0.155 e. The summed E-state index contributed by atoms with van der Waals surface area (Å²) >= 11 is 0. The fraction of sp³-hybridized carbons (Fsp3) is 0.667. The zero-order chi connectivity index (χ0) is 10.6. The predicted octanol–water partition coefficient (Wildman–Crippen LogP) is 2.53. The maximum Gasteiger partial charge on any atom is 0.155 e. The lowest BCUT2D eigenvalue weighted by molar-refractivity contribution is -0.117. The van der Waals surface area contributed by atoms with Crippen LogP contribution in [0.15, 0.2) is 12.2 Å². The van der Waals surface area contributed by atoms with Crippen molar-refractivity contribution in [1.29, 1.82) is 0 Å². The average molecular weight is 194 g/mol. The summed E-state index contributed by atoms with van der Waals surface area (Å²) < 4.78 is 0. The van der Waals surface area contributed by atoms with Crippen molar-refractivity contribution in [1.82, 2.24) is 0 Å². The molecule has 1 aliphatic carbocycles. The van der Waals surface area contributed by atoms with Gasteiger partial charge < -0.3 is 4.79 Å². The van der Waals surface area contributed by atoms with Gasteiger partial charge in [0.2, 0.25) is 0 Å². The summed E-state index contributed by atoms with van der Waals surface area (Å²) in [5, 5.41) is 0. The van der Waals surface area contributed by atoms with E-state index in [4.69, 9.17) is 0 Å². The molecule has 0 saturated carbocycles. The van der Waals surface area contributed by atoms with Gasteiger partial charge in [0.15, 0.2) is 5.78 Å². The van der Waals surface area contributed by atoms with E-state index in [1.807, 2.05) is 6.08 Å². The quantitative estimate of drug-likeness (QED) is 0.689. The Kier molecular flexibility index (Phi) is 4.05. The van der Waals surface area contributed by atoms with Crippen LogP contribution in [0.1, 0.15) is 39.5 Å². The van der Waals surface area contributed by atoms with E-state index in [1.54, 1.807) is 13.0 Å². The van der Waals surface area contributed by atoms with Gasteiger partial charge >= 0.3 is 0 Å². The minimum atomic E-state index is 0.236. The van der Waals surface area contributed by atoms with Crippen molar-refractivity contribution in [2.24, 2.45) is 11.8 Å². The van der Waals surface area contributed by atoms with Gasteiger partial charge in [-0.2, -0.15) is 0 Å². The highest BCUT2D eigenvalue weighted by molar-refractivity contribution is 5.90. The van der Waals surface area contributed by atoms with Gasteiger partial charge in [0.25, 0.3) is 0 Å². The molecule has 1 aliphatic rings. The first kappa shape index (κ1) is 11.2. The SMILES string of the molecule is CC(=O)CCC(C)C1C=CC(=O)CC1. The third-order valence-electron chi connectivity index (χ3n) is 2.94. The van der Waals surface area contributed by atoms with E-state index in [0.717, 1.165) is 12.8 Å². The Hall–Kier alpha value is -0.920. The lowest BCUT2D eigenvalue weighted by Gasteiger charge is -2.22. The second-order valence-electron chi connectivity index (χ2n) is 4.25. The van der Waals surface area contributed by atoms with Crippen molar-refractivity contribution >= 4 is 11.6 Å². The molecule has 0 aliphatic heterocycles. The number of carbonyl (C=O) groups excluding carboxylic acids is 2.